The average Bonchev–Trinajstić information content (AvgIpc) is 2.99. The molecule has 1 heterocycles. The summed E-state index contributed by atoms with van der Waals surface area (Å²) in [5, 5.41) is 2.88. The van der Waals surface area contributed by atoms with Gasteiger partial charge in [-0.05, 0) is 55.3 Å². The normalized spacial score (nSPS) is 16.8. The van der Waals surface area contributed by atoms with E-state index in [0.29, 0.717) is 12.2 Å². The molecule has 1 atom stereocenters. The van der Waals surface area contributed by atoms with Gasteiger partial charge in [-0.3, -0.25) is 9.59 Å². The first-order valence-electron chi connectivity index (χ1n) is 8.30. The summed E-state index contributed by atoms with van der Waals surface area (Å²) in [5.41, 5.74) is 3.72. The largest absolute Gasteiger partial charge is 0.497 e. The van der Waals surface area contributed by atoms with Crippen molar-refractivity contribution in [2.75, 3.05) is 23.9 Å². The maximum Gasteiger partial charge on any atom is 0.229 e. The molecule has 130 valence electrons. The molecule has 1 saturated heterocycles. The lowest BCUT2D eigenvalue weighted by Crippen LogP contribution is -2.28. The molecule has 0 unspecified atom stereocenters. The predicted octanol–water partition coefficient (Wildman–Crippen LogP) is 3.30. The van der Waals surface area contributed by atoms with Crippen LogP contribution in [-0.4, -0.2) is 25.5 Å². The lowest BCUT2D eigenvalue weighted by Gasteiger charge is -2.19. The Morgan fingerprint density at radius 1 is 1.16 bits per heavy atom. The van der Waals surface area contributed by atoms with Gasteiger partial charge >= 0.3 is 0 Å². The smallest absolute Gasteiger partial charge is 0.229 e. The van der Waals surface area contributed by atoms with Crippen LogP contribution >= 0.6 is 0 Å². The van der Waals surface area contributed by atoms with Crippen molar-refractivity contribution in [1.82, 2.24) is 0 Å². The molecular weight excluding hydrogens is 316 g/mol. The number of methoxy groups -OCH3 is 1. The van der Waals surface area contributed by atoms with Crippen LogP contribution in [0, 0.1) is 19.8 Å². The maximum atomic E-state index is 12.5. The second-order valence-corrected chi connectivity index (χ2v) is 6.41. The van der Waals surface area contributed by atoms with E-state index in [0.717, 1.165) is 22.6 Å². The van der Waals surface area contributed by atoms with Crippen molar-refractivity contribution in [2.24, 2.45) is 5.92 Å². The van der Waals surface area contributed by atoms with Crippen LogP contribution in [0.2, 0.25) is 0 Å². The van der Waals surface area contributed by atoms with Crippen molar-refractivity contribution in [3.8, 4) is 5.75 Å². The van der Waals surface area contributed by atoms with Crippen molar-refractivity contribution >= 4 is 23.2 Å². The van der Waals surface area contributed by atoms with Crippen LogP contribution in [0.3, 0.4) is 0 Å². The second kappa shape index (κ2) is 6.97. The number of carbonyl (C=O) groups excluding carboxylic acids is 2. The lowest BCUT2D eigenvalue weighted by atomic mass is 10.1. The van der Waals surface area contributed by atoms with Gasteiger partial charge in [0.05, 0.1) is 13.0 Å². The molecule has 5 heteroatoms. The summed E-state index contributed by atoms with van der Waals surface area (Å²) in [7, 11) is 1.60. The zero-order valence-electron chi connectivity index (χ0n) is 14.7. The third-order valence-corrected chi connectivity index (χ3v) is 4.51. The van der Waals surface area contributed by atoms with E-state index in [-0.39, 0.29) is 24.2 Å². The minimum Gasteiger partial charge on any atom is -0.497 e. The number of benzene rings is 2. The number of carbonyl (C=O) groups is 2. The van der Waals surface area contributed by atoms with Gasteiger partial charge in [0, 0.05) is 24.3 Å². The van der Waals surface area contributed by atoms with E-state index in [4.69, 9.17) is 4.74 Å². The van der Waals surface area contributed by atoms with Crippen LogP contribution in [0.5, 0.6) is 5.75 Å². The zero-order valence-corrected chi connectivity index (χ0v) is 14.7. The number of hydrogen-bond donors (Lipinski definition) is 1. The van der Waals surface area contributed by atoms with E-state index in [1.165, 1.54) is 0 Å². The van der Waals surface area contributed by atoms with E-state index in [9.17, 15) is 9.59 Å². The molecule has 0 spiro atoms. The van der Waals surface area contributed by atoms with Crippen molar-refractivity contribution in [3.05, 3.63) is 53.6 Å². The van der Waals surface area contributed by atoms with Crippen molar-refractivity contribution < 1.29 is 14.3 Å². The van der Waals surface area contributed by atoms with Gasteiger partial charge in [0.1, 0.15) is 5.75 Å². The predicted molar refractivity (Wildman–Crippen MR) is 98.0 cm³/mol. The average molecular weight is 338 g/mol. The number of rotatable bonds is 4. The second-order valence-electron chi connectivity index (χ2n) is 6.41. The van der Waals surface area contributed by atoms with Gasteiger partial charge in [-0.1, -0.05) is 12.1 Å². The highest BCUT2D eigenvalue weighted by molar-refractivity contribution is 6.03. The summed E-state index contributed by atoms with van der Waals surface area (Å²) in [5.74, 6) is 0.236. The molecule has 0 saturated carbocycles. The number of nitrogens with zero attached hydrogens (tertiary/aromatic N) is 1. The van der Waals surface area contributed by atoms with Gasteiger partial charge in [0.2, 0.25) is 11.8 Å². The van der Waals surface area contributed by atoms with E-state index in [1.807, 2.05) is 32.0 Å². The Kier molecular flexibility index (Phi) is 4.74. The van der Waals surface area contributed by atoms with Crippen LogP contribution in [-0.2, 0) is 9.59 Å². The summed E-state index contributed by atoms with van der Waals surface area (Å²) in [6.07, 6.45) is 0.232. The Bertz CT molecular complexity index is 799. The molecule has 2 aromatic carbocycles. The molecule has 0 aromatic heterocycles. The highest BCUT2D eigenvalue weighted by Gasteiger charge is 2.35. The first-order chi connectivity index (χ1) is 12.0. The van der Waals surface area contributed by atoms with Gasteiger partial charge in [-0.2, -0.15) is 0 Å². The molecule has 1 aliphatic heterocycles. The van der Waals surface area contributed by atoms with Gasteiger partial charge in [0.15, 0.2) is 0 Å². The van der Waals surface area contributed by atoms with Crippen LogP contribution in [0.4, 0.5) is 11.4 Å². The van der Waals surface area contributed by atoms with Crippen LogP contribution in [0.15, 0.2) is 42.5 Å². The molecule has 1 fully saturated rings. The van der Waals surface area contributed by atoms with Crippen LogP contribution in [0.25, 0.3) is 0 Å². The van der Waals surface area contributed by atoms with Crippen molar-refractivity contribution in [2.45, 2.75) is 20.3 Å². The molecule has 1 N–H and O–H groups in total. The molecule has 5 nitrogen and oxygen atoms in total. The SMILES string of the molecule is COc1ccc(NC(=O)[C@@H]2CC(=O)N(c3cc(C)ccc3C)C2)cc1. The first-order valence-corrected chi connectivity index (χ1v) is 8.30. The fourth-order valence-corrected chi connectivity index (χ4v) is 3.04. The highest BCUT2D eigenvalue weighted by Crippen LogP contribution is 2.29. The third kappa shape index (κ3) is 3.65. The molecule has 25 heavy (non-hydrogen) atoms. The number of hydrogen-bond acceptors (Lipinski definition) is 3. The van der Waals surface area contributed by atoms with Crippen molar-refractivity contribution in [3.63, 3.8) is 0 Å². The molecule has 3 rings (SSSR count). The van der Waals surface area contributed by atoms with E-state index in [1.54, 1.807) is 36.3 Å². The number of aryl methyl sites for hydroxylation is 2. The summed E-state index contributed by atoms with van der Waals surface area (Å²) in [4.78, 5) is 26.7. The quantitative estimate of drug-likeness (QED) is 0.930. The first kappa shape index (κ1) is 17.0. The van der Waals surface area contributed by atoms with Gasteiger partial charge in [0.25, 0.3) is 0 Å². The van der Waals surface area contributed by atoms with E-state index in [2.05, 4.69) is 5.32 Å². The maximum absolute atomic E-state index is 12.5. The summed E-state index contributed by atoms with van der Waals surface area (Å²) in [6.45, 7) is 4.38. The fraction of sp³-hybridized carbons (Fsp3) is 0.300. The standard InChI is InChI=1S/C20H22N2O3/c1-13-4-5-14(2)18(10-13)22-12-15(11-19(22)23)20(24)21-16-6-8-17(25-3)9-7-16/h4-10,15H,11-12H2,1-3H3,(H,21,24)/t15-/m1/s1. The topological polar surface area (TPSA) is 58.6 Å². The lowest BCUT2D eigenvalue weighted by molar-refractivity contribution is -0.122. The fourth-order valence-electron chi connectivity index (χ4n) is 3.04. The third-order valence-electron chi connectivity index (χ3n) is 4.51. The number of amides is 2. The minimum absolute atomic E-state index is 0.0106. The van der Waals surface area contributed by atoms with Gasteiger partial charge in [-0.15, -0.1) is 0 Å². The number of nitrogens with one attached hydrogen (secondary N) is 1. The zero-order chi connectivity index (χ0) is 18.0. The van der Waals surface area contributed by atoms with E-state index < -0.39 is 0 Å². The molecule has 2 amide bonds. The summed E-state index contributed by atoms with van der Waals surface area (Å²) < 4.78 is 5.11. The number of anilines is 2. The molecular formula is C20H22N2O3. The Morgan fingerprint density at radius 2 is 1.88 bits per heavy atom. The summed E-state index contributed by atoms with van der Waals surface area (Å²) in [6, 6.07) is 13.2. The van der Waals surface area contributed by atoms with Gasteiger partial charge < -0.3 is 15.0 Å². The van der Waals surface area contributed by atoms with Crippen molar-refractivity contribution in [1.29, 1.82) is 0 Å². The summed E-state index contributed by atoms with van der Waals surface area (Å²) >= 11 is 0. The Morgan fingerprint density at radius 3 is 2.56 bits per heavy atom. The van der Waals surface area contributed by atoms with Crippen LogP contribution in [0.1, 0.15) is 17.5 Å². The number of ether oxygens (including phenoxy) is 1. The molecule has 1 aliphatic rings. The highest BCUT2D eigenvalue weighted by atomic mass is 16.5. The molecule has 2 aromatic rings. The Labute approximate surface area is 147 Å². The van der Waals surface area contributed by atoms with Gasteiger partial charge in [-0.25, -0.2) is 0 Å². The van der Waals surface area contributed by atoms with Crippen LogP contribution < -0.4 is 15.0 Å². The molecule has 0 radical (unpaired) electrons. The van der Waals surface area contributed by atoms with E-state index >= 15 is 0 Å². The molecule has 0 aliphatic carbocycles. The Balaban J connectivity index is 1.71. The monoisotopic (exact) mass is 338 g/mol. The molecule has 0 bridgehead atoms. The minimum atomic E-state index is -0.352. The Hall–Kier alpha value is -2.82.